The molecule has 1 aromatic rings. The molecule has 0 aromatic heterocycles. The Hall–Kier alpha value is -0.320. The lowest BCUT2D eigenvalue weighted by molar-refractivity contribution is -0.0967. The van der Waals surface area contributed by atoms with Gasteiger partial charge in [-0.1, -0.05) is 35.3 Å². The van der Waals surface area contributed by atoms with E-state index in [2.05, 4.69) is 18.7 Å². The van der Waals surface area contributed by atoms with Crippen molar-refractivity contribution in [2.24, 2.45) is 5.73 Å². The number of benzene rings is 1. The van der Waals surface area contributed by atoms with Gasteiger partial charge in [-0.15, -0.1) is 0 Å². The molecular formula is C14H20Cl2N2O. The standard InChI is InChI=1S/C14H20Cl2N2O/c1-14(2)9-18(6-7-19-14)12(8-17)10-4-3-5-11(15)13(10)16/h3-5,12H,6-9,17H2,1-2H3. The summed E-state index contributed by atoms with van der Waals surface area (Å²) in [7, 11) is 0. The summed E-state index contributed by atoms with van der Waals surface area (Å²) in [6.45, 7) is 7.09. The average Bonchev–Trinajstić information content (AvgIpc) is 2.34. The number of nitrogens with zero attached hydrogens (tertiary/aromatic N) is 1. The molecule has 0 aliphatic carbocycles. The minimum Gasteiger partial charge on any atom is -0.373 e. The Bertz CT molecular complexity index is 451. The van der Waals surface area contributed by atoms with E-state index < -0.39 is 0 Å². The van der Waals surface area contributed by atoms with Gasteiger partial charge >= 0.3 is 0 Å². The molecule has 1 unspecified atom stereocenters. The van der Waals surface area contributed by atoms with Crippen molar-refractivity contribution in [1.82, 2.24) is 4.90 Å². The molecule has 1 fully saturated rings. The van der Waals surface area contributed by atoms with Crippen LogP contribution < -0.4 is 5.73 Å². The van der Waals surface area contributed by atoms with Crippen LogP contribution in [-0.2, 0) is 4.74 Å². The van der Waals surface area contributed by atoms with Crippen LogP contribution in [0.15, 0.2) is 18.2 Å². The van der Waals surface area contributed by atoms with Gasteiger partial charge in [0.25, 0.3) is 0 Å². The van der Waals surface area contributed by atoms with Crippen LogP contribution in [0, 0.1) is 0 Å². The zero-order valence-corrected chi connectivity index (χ0v) is 12.8. The van der Waals surface area contributed by atoms with Crippen LogP contribution in [0.5, 0.6) is 0 Å². The second-order valence-electron chi connectivity index (χ2n) is 5.47. The van der Waals surface area contributed by atoms with Gasteiger partial charge in [0.15, 0.2) is 0 Å². The van der Waals surface area contributed by atoms with E-state index in [1.807, 2.05) is 12.1 Å². The molecule has 1 aromatic carbocycles. The molecule has 0 saturated carbocycles. The van der Waals surface area contributed by atoms with Gasteiger partial charge in [-0.3, -0.25) is 4.90 Å². The number of halogens is 2. The molecule has 3 nitrogen and oxygen atoms in total. The van der Waals surface area contributed by atoms with Crippen molar-refractivity contribution >= 4 is 23.2 Å². The first kappa shape index (κ1) is 15.1. The Labute approximate surface area is 124 Å². The first-order valence-corrected chi connectivity index (χ1v) is 7.22. The highest BCUT2D eigenvalue weighted by molar-refractivity contribution is 6.42. The summed E-state index contributed by atoms with van der Waals surface area (Å²) in [5.41, 5.74) is 6.80. The molecule has 0 radical (unpaired) electrons. The molecule has 106 valence electrons. The maximum absolute atomic E-state index is 6.31. The van der Waals surface area contributed by atoms with Gasteiger partial charge in [0, 0.05) is 25.7 Å². The van der Waals surface area contributed by atoms with E-state index in [4.69, 9.17) is 33.7 Å². The second kappa shape index (κ2) is 5.98. The molecule has 2 N–H and O–H groups in total. The van der Waals surface area contributed by atoms with Gasteiger partial charge in [-0.25, -0.2) is 0 Å². The van der Waals surface area contributed by atoms with E-state index in [-0.39, 0.29) is 11.6 Å². The molecule has 19 heavy (non-hydrogen) atoms. The number of ether oxygens (including phenoxy) is 1. The number of hydrogen-bond acceptors (Lipinski definition) is 3. The molecule has 1 aliphatic rings. The second-order valence-corrected chi connectivity index (χ2v) is 6.26. The first-order chi connectivity index (χ1) is 8.94. The fourth-order valence-corrected chi connectivity index (χ4v) is 3.00. The molecule has 5 heteroatoms. The Kier molecular flexibility index (Phi) is 4.75. The summed E-state index contributed by atoms with van der Waals surface area (Å²) in [5.74, 6) is 0. The van der Waals surface area contributed by atoms with Crippen LogP contribution >= 0.6 is 23.2 Å². The Balaban J connectivity index is 2.27. The van der Waals surface area contributed by atoms with Crippen molar-refractivity contribution in [3.63, 3.8) is 0 Å². The molecule has 1 saturated heterocycles. The quantitative estimate of drug-likeness (QED) is 0.932. The van der Waals surface area contributed by atoms with Crippen molar-refractivity contribution in [3.8, 4) is 0 Å². The molecule has 2 rings (SSSR count). The first-order valence-electron chi connectivity index (χ1n) is 6.46. The maximum atomic E-state index is 6.31. The van der Waals surface area contributed by atoms with Gasteiger partial charge in [0.1, 0.15) is 0 Å². The normalized spacial score (nSPS) is 21.3. The third kappa shape index (κ3) is 3.41. The largest absolute Gasteiger partial charge is 0.373 e. The van der Waals surface area contributed by atoms with E-state index in [1.165, 1.54) is 0 Å². The Morgan fingerprint density at radius 2 is 2.16 bits per heavy atom. The maximum Gasteiger partial charge on any atom is 0.0753 e. The minimum atomic E-state index is -0.156. The Morgan fingerprint density at radius 3 is 2.79 bits per heavy atom. The van der Waals surface area contributed by atoms with Crippen molar-refractivity contribution in [1.29, 1.82) is 0 Å². The fourth-order valence-electron chi connectivity index (χ4n) is 2.57. The highest BCUT2D eigenvalue weighted by Crippen LogP contribution is 2.34. The average molecular weight is 303 g/mol. The summed E-state index contributed by atoms with van der Waals surface area (Å²) < 4.78 is 5.74. The van der Waals surface area contributed by atoms with Crippen LogP contribution in [0.2, 0.25) is 10.0 Å². The number of nitrogens with two attached hydrogens (primary N) is 1. The predicted molar refractivity (Wildman–Crippen MR) is 79.9 cm³/mol. The third-order valence-corrected chi connectivity index (χ3v) is 4.29. The summed E-state index contributed by atoms with van der Waals surface area (Å²) >= 11 is 12.4. The van der Waals surface area contributed by atoms with Crippen LogP contribution in [0.4, 0.5) is 0 Å². The molecule has 1 atom stereocenters. The van der Waals surface area contributed by atoms with E-state index in [0.29, 0.717) is 23.2 Å². The molecular weight excluding hydrogens is 283 g/mol. The number of rotatable bonds is 3. The summed E-state index contributed by atoms with van der Waals surface area (Å²) in [6, 6.07) is 5.78. The zero-order chi connectivity index (χ0) is 14.0. The predicted octanol–water partition coefficient (Wildman–Crippen LogP) is 3.10. The van der Waals surface area contributed by atoms with Crippen molar-refractivity contribution < 1.29 is 4.74 Å². The van der Waals surface area contributed by atoms with Crippen molar-refractivity contribution in [2.75, 3.05) is 26.2 Å². The summed E-state index contributed by atoms with van der Waals surface area (Å²) in [6.07, 6.45) is 0. The summed E-state index contributed by atoms with van der Waals surface area (Å²) in [5, 5.41) is 1.18. The van der Waals surface area contributed by atoms with Crippen LogP contribution in [0.3, 0.4) is 0 Å². The number of morpholine rings is 1. The van der Waals surface area contributed by atoms with Crippen molar-refractivity contribution in [3.05, 3.63) is 33.8 Å². The van der Waals surface area contributed by atoms with E-state index >= 15 is 0 Å². The van der Waals surface area contributed by atoms with Crippen molar-refractivity contribution in [2.45, 2.75) is 25.5 Å². The fraction of sp³-hybridized carbons (Fsp3) is 0.571. The van der Waals surface area contributed by atoms with Crippen LogP contribution in [0.1, 0.15) is 25.5 Å². The molecule has 0 amide bonds. The minimum absolute atomic E-state index is 0.0781. The topological polar surface area (TPSA) is 38.5 Å². The zero-order valence-electron chi connectivity index (χ0n) is 11.3. The lowest BCUT2D eigenvalue weighted by atomic mass is 10.0. The monoisotopic (exact) mass is 302 g/mol. The third-order valence-electron chi connectivity index (χ3n) is 3.46. The number of hydrogen-bond donors (Lipinski definition) is 1. The van der Waals surface area contributed by atoms with Gasteiger partial charge < -0.3 is 10.5 Å². The smallest absolute Gasteiger partial charge is 0.0753 e. The van der Waals surface area contributed by atoms with E-state index in [0.717, 1.165) is 18.7 Å². The van der Waals surface area contributed by atoms with Crippen LogP contribution in [0.25, 0.3) is 0 Å². The molecule has 1 heterocycles. The molecule has 0 bridgehead atoms. The van der Waals surface area contributed by atoms with Gasteiger partial charge in [-0.05, 0) is 25.5 Å². The summed E-state index contributed by atoms with van der Waals surface area (Å²) in [4.78, 5) is 2.32. The van der Waals surface area contributed by atoms with E-state index in [9.17, 15) is 0 Å². The Morgan fingerprint density at radius 1 is 1.42 bits per heavy atom. The lowest BCUT2D eigenvalue weighted by Crippen LogP contribution is -2.50. The molecule has 0 spiro atoms. The highest BCUT2D eigenvalue weighted by atomic mass is 35.5. The van der Waals surface area contributed by atoms with Gasteiger partial charge in [0.2, 0.25) is 0 Å². The van der Waals surface area contributed by atoms with Gasteiger partial charge in [-0.2, -0.15) is 0 Å². The SMILES string of the molecule is CC1(C)CN(C(CN)c2cccc(Cl)c2Cl)CCO1. The highest BCUT2D eigenvalue weighted by Gasteiger charge is 2.32. The lowest BCUT2D eigenvalue weighted by Gasteiger charge is -2.42. The molecule has 1 aliphatic heterocycles. The van der Waals surface area contributed by atoms with E-state index in [1.54, 1.807) is 6.07 Å². The van der Waals surface area contributed by atoms with Crippen LogP contribution in [-0.4, -0.2) is 36.7 Å². The van der Waals surface area contributed by atoms with Gasteiger partial charge in [0.05, 0.1) is 22.3 Å².